The first kappa shape index (κ1) is 18.0. The molecule has 0 aliphatic carbocycles. The zero-order valence-corrected chi connectivity index (χ0v) is 15.4. The molecular weight excluding hydrogens is 328 g/mol. The number of piperazine rings is 1. The number of hydrogen-bond acceptors (Lipinski definition) is 3. The Kier molecular flexibility index (Phi) is 4.98. The Bertz CT molecular complexity index is 802. The van der Waals surface area contributed by atoms with E-state index >= 15 is 0 Å². The lowest BCUT2D eigenvalue weighted by molar-refractivity contribution is -0.140. The van der Waals surface area contributed by atoms with Crippen LogP contribution in [0.15, 0.2) is 54.6 Å². The molecular formula is C21H24N2O3. The van der Waals surface area contributed by atoms with Gasteiger partial charge in [-0.15, -0.1) is 0 Å². The highest BCUT2D eigenvalue weighted by Gasteiger charge is 2.37. The summed E-state index contributed by atoms with van der Waals surface area (Å²) in [7, 11) is 1.59. The summed E-state index contributed by atoms with van der Waals surface area (Å²) in [6, 6.07) is 17.1. The van der Waals surface area contributed by atoms with Gasteiger partial charge in [-0.05, 0) is 31.5 Å². The van der Waals surface area contributed by atoms with Gasteiger partial charge >= 0.3 is 0 Å². The van der Waals surface area contributed by atoms with Crippen LogP contribution in [0.5, 0.6) is 5.75 Å². The monoisotopic (exact) mass is 352 g/mol. The number of ether oxygens (including phenoxy) is 1. The zero-order valence-electron chi connectivity index (χ0n) is 15.4. The van der Waals surface area contributed by atoms with Crippen molar-refractivity contribution in [2.75, 3.05) is 31.6 Å². The number of amides is 2. The molecule has 1 saturated heterocycles. The van der Waals surface area contributed by atoms with Gasteiger partial charge in [0.1, 0.15) is 12.3 Å². The summed E-state index contributed by atoms with van der Waals surface area (Å²) < 4.78 is 5.36. The maximum Gasteiger partial charge on any atom is 0.246 e. The Hall–Kier alpha value is -2.82. The third-order valence-corrected chi connectivity index (χ3v) is 4.91. The van der Waals surface area contributed by atoms with Crippen LogP contribution in [0.25, 0.3) is 0 Å². The van der Waals surface area contributed by atoms with Crippen LogP contribution in [0.3, 0.4) is 0 Å². The summed E-state index contributed by atoms with van der Waals surface area (Å²) in [4.78, 5) is 29.1. The molecule has 3 rings (SSSR count). The molecule has 2 aromatic carbocycles. The van der Waals surface area contributed by atoms with Gasteiger partial charge in [-0.25, -0.2) is 0 Å². The van der Waals surface area contributed by atoms with E-state index in [1.54, 1.807) is 16.9 Å². The highest BCUT2D eigenvalue weighted by molar-refractivity contribution is 6.00. The van der Waals surface area contributed by atoms with Crippen molar-refractivity contribution in [3.05, 3.63) is 60.2 Å². The summed E-state index contributed by atoms with van der Waals surface area (Å²) in [5, 5.41) is 0. The molecule has 0 aromatic heterocycles. The normalized spacial score (nSPS) is 15.1. The summed E-state index contributed by atoms with van der Waals surface area (Å²) in [6.45, 7) is 4.84. The maximum absolute atomic E-state index is 13.1. The minimum Gasteiger partial charge on any atom is -0.495 e. The molecule has 26 heavy (non-hydrogen) atoms. The minimum atomic E-state index is -0.672. The Morgan fingerprint density at radius 1 is 1.00 bits per heavy atom. The SMILES string of the molecule is COc1ccccc1N1CCN(C(=O)C(C)(C)c2ccccc2)CC1=O. The van der Waals surface area contributed by atoms with Crippen molar-refractivity contribution in [2.45, 2.75) is 19.3 Å². The third kappa shape index (κ3) is 3.29. The van der Waals surface area contributed by atoms with Crippen molar-refractivity contribution >= 4 is 17.5 Å². The second-order valence-electron chi connectivity index (χ2n) is 6.93. The number of carbonyl (C=O) groups is 2. The van der Waals surface area contributed by atoms with Crippen LogP contribution in [0.2, 0.25) is 0 Å². The van der Waals surface area contributed by atoms with Gasteiger partial charge in [0.2, 0.25) is 11.8 Å². The molecule has 1 heterocycles. The molecule has 0 atom stereocenters. The van der Waals surface area contributed by atoms with E-state index in [0.717, 1.165) is 11.3 Å². The number of benzene rings is 2. The van der Waals surface area contributed by atoms with E-state index in [1.165, 1.54) is 0 Å². The number of hydrogen-bond donors (Lipinski definition) is 0. The van der Waals surface area contributed by atoms with Gasteiger partial charge in [0, 0.05) is 13.1 Å². The molecule has 0 N–H and O–H groups in total. The van der Waals surface area contributed by atoms with Crippen LogP contribution < -0.4 is 9.64 Å². The Labute approximate surface area is 154 Å². The predicted octanol–water partition coefficient (Wildman–Crippen LogP) is 2.85. The summed E-state index contributed by atoms with van der Waals surface area (Å²) in [6.07, 6.45) is 0. The van der Waals surface area contributed by atoms with E-state index in [0.29, 0.717) is 18.8 Å². The van der Waals surface area contributed by atoms with Gasteiger partial charge in [-0.2, -0.15) is 0 Å². The molecule has 0 unspecified atom stereocenters. The molecule has 2 amide bonds. The molecule has 2 aromatic rings. The number of rotatable bonds is 4. The van der Waals surface area contributed by atoms with E-state index < -0.39 is 5.41 Å². The first-order valence-electron chi connectivity index (χ1n) is 8.73. The lowest BCUT2D eigenvalue weighted by atomic mass is 9.83. The molecule has 5 nitrogen and oxygen atoms in total. The van der Waals surface area contributed by atoms with Crippen LogP contribution >= 0.6 is 0 Å². The van der Waals surface area contributed by atoms with Crippen molar-refractivity contribution in [1.82, 2.24) is 4.90 Å². The first-order valence-corrected chi connectivity index (χ1v) is 8.73. The summed E-state index contributed by atoms with van der Waals surface area (Å²) in [5.74, 6) is 0.528. The van der Waals surface area contributed by atoms with Crippen molar-refractivity contribution in [3.63, 3.8) is 0 Å². The topological polar surface area (TPSA) is 49.9 Å². The average Bonchev–Trinajstić information content (AvgIpc) is 2.68. The van der Waals surface area contributed by atoms with Gasteiger partial charge in [0.25, 0.3) is 0 Å². The predicted molar refractivity (Wildman–Crippen MR) is 101 cm³/mol. The molecule has 0 saturated carbocycles. The van der Waals surface area contributed by atoms with Crippen molar-refractivity contribution in [2.24, 2.45) is 0 Å². The molecule has 0 spiro atoms. The zero-order chi connectivity index (χ0) is 18.7. The fourth-order valence-electron chi connectivity index (χ4n) is 3.33. The van der Waals surface area contributed by atoms with E-state index in [9.17, 15) is 9.59 Å². The number of anilines is 1. The van der Waals surface area contributed by atoms with Crippen LogP contribution in [0, 0.1) is 0 Å². The van der Waals surface area contributed by atoms with E-state index in [4.69, 9.17) is 4.74 Å². The third-order valence-electron chi connectivity index (χ3n) is 4.91. The highest BCUT2D eigenvalue weighted by Crippen LogP contribution is 2.30. The molecule has 0 radical (unpaired) electrons. The van der Waals surface area contributed by atoms with Gasteiger partial charge in [0.05, 0.1) is 18.2 Å². The number of nitrogens with zero attached hydrogens (tertiary/aromatic N) is 2. The summed E-state index contributed by atoms with van der Waals surface area (Å²) in [5.41, 5.74) is 1.02. The average molecular weight is 352 g/mol. The minimum absolute atomic E-state index is 0.0308. The van der Waals surface area contributed by atoms with Crippen LogP contribution in [-0.2, 0) is 15.0 Å². The van der Waals surface area contributed by atoms with E-state index in [-0.39, 0.29) is 18.4 Å². The smallest absolute Gasteiger partial charge is 0.246 e. The first-order chi connectivity index (χ1) is 12.4. The van der Waals surface area contributed by atoms with Crippen LogP contribution in [0.1, 0.15) is 19.4 Å². The van der Waals surface area contributed by atoms with E-state index in [1.807, 2.05) is 68.4 Å². The second-order valence-corrected chi connectivity index (χ2v) is 6.93. The van der Waals surface area contributed by atoms with Crippen molar-refractivity contribution in [3.8, 4) is 5.75 Å². The van der Waals surface area contributed by atoms with Gasteiger partial charge in [0.15, 0.2) is 0 Å². The lowest BCUT2D eigenvalue weighted by Gasteiger charge is -2.38. The molecule has 1 fully saturated rings. The molecule has 136 valence electrons. The van der Waals surface area contributed by atoms with Gasteiger partial charge in [-0.1, -0.05) is 42.5 Å². The number of carbonyl (C=O) groups excluding carboxylic acids is 2. The Morgan fingerprint density at radius 3 is 2.31 bits per heavy atom. The standard InChI is InChI=1S/C21H24N2O3/c1-21(2,16-9-5-4-6-10-16)20(25)22-13-14-23(19(24)15-22)17-11-7-8-12-18(17)26-3/h4-12H,13-15H2,1-3H3. The Morgan fingerprint density at radius 2 is 1.65 bits per heavy atom. The second kappa shape index (κ2) is 7.20. The van der Waals surface area contributed by atoms with Gasteiger partial charge in [-0.3, -0.25) is 9.59 Å². The molecule has 5 heteroatoms. The lowest BCUT2D eigenvalue weighted by Crippen LogP contribution is -2.56. The molecule has 0 bridgehead atoms. The van der Waals surface area contributed by atoms with Crippen molar-refractivity contribution < 1.29 is 14.3 Å². The van der Waals surface area contributed by atoms with E-state index in [2.05, 4.69) is 0 Å². The van der Waals surface area contributed by atoms with Crippen LogP contribution in [0.4, 0.5) is 5.69 Å². The van der Waals surface area contributed by atoms with Gasteiger partial charge < -0.3 is 14.5 Å². The number of methoxy groups -OCH3 is 1. The highest BCUT2D eigenvalue weighted by atomic mass is 16.5. The summed E-state index contributed by atoms with van der Waals surface area (Å²) >= 11 is 0. The van der Waals surface area contributed by atoms with Crippen LogP contribution in [-0.4, -0.2) is 43.5 Å². The Balaban J connectivity index is 1.76. The largest absolute Gasteiger partial charge is 0.495 e. The number of para-hydroxylation sites is 2. The maximum atomic E-state index is 13.1. The quantitative estimate of drug-likeness (QED) is 0.850. The fraction of sp³-hybridized carbons (Fsp3) is 0.333. The molecule has 1 aliphatic rings. The molecule has 1 aliphatic heterocycles. The van der Waals surface area contributed by atoms with Crippen molar-refractivity contribution in [1.29, 1.82) is 0 Å². The fourth-order valence-corrected chi connectivity index (χ4v) is 3.33.